The van der Waals surface area contributed by atoms with Crippen molar-refractivity contribution in [2.24, 2.45) is 0 Å². The highest BCUT2D eigenvalue weighted by Gasteiger charge is 2.06. The zero-order chi connectivity index (χ0) is 8.32. The number of hydrogen-bond donors (Lipinski definition) is 0. The Labute approximate surface area is 68.7 Å². The minimum atomic E-state index is -1.05. The van der Waals surface area contributed by atoms with Crippen molar-refractivity contribution in [2.45, 2.75) is 19.6 Å². The van der Waals surface area contributed by atoms with Crippen LogP contribution in [0.25, 0.3) is 6.08 Å². The summed E-state index contributed by atoms with van der Waals surface area (Å²) in [5.74, 6) is 0.951. The van der Waals surface area contributed by atoms with Crippen molar-refractivity contribution in [1.29, 1.82) is 0 Å². The Morgan fingerprint density at radius 3 is 2.55 bits per heavy atom. The number of furan rings is 1. The van der Waals surface area contributed by atoms with Gasteiger partial charge in [-0.25, -0.2) is 0 Å². The van der Waals surface area contributed by atoms with Gasteiger partial charge in [-0.15, -0.1) is 0 Å². The Morgan fingerprint density at radius 2 is 2.09 bits per heavy atom. The second-order valence-electron chi connectivity index (χ2n) is 3.71. The SMILES string of the molecule is C[Si](C)(C)/C=C/c1ccco1. The summed E-state index contributed by atoms with van der Waals surface area (Å²) in [6, 6.07) is 3.88. The summed E-state index contributed by atoms with van der Waals surface area (Å²) in [5.41, 5.74) is 2.27. The molecular weight excluding hydrogens is 152 g/mol. The van der Waals surface area contributed by atoms with Crippen LogP contribution >= 0.6 is 0 Å². The average molecular weight is 166 g/mol. The van der Waals surface area contributed by atoms with Crippen molar-refractivity contribution in [3.05, 3.63) is 29.9 Å². The van der Waals surface area contributed by atoms with Gasteiger partial charge in [0.25, 0.3) is 0 Å². The third-order valence-corrected chi connectivity index (χ3v) is 2.46. The minimum absolute atomic E-state index is 0.951. The molecule has 0 bridgehead atoms. The van der Waals surface area contributed by atoms with Crippen LogP contribution in [-0.2, 0) is 0 Å². The molecule has 0 aliphatic rings. The Kier molecular flexibility index (Phi) is 2.34. The summed E-state index contributed by atoms with van der Waals surface area (Å²) >= 11 is 0. The molecule has 0 unspecified atom stereocenters. The summed E-state index contributed by atoms with van der Waals surface area (Å²) < 4.78 is 5.16. The van der Waals surface area contributed by atoms with Gasteiger partial charge in [-0.05, 0) is 18.2 Å². The third kappa shape index (κ3) is 3.23. The first-order valence-corrected chi connectivity index (χ1v) is 7.38. The first-order valence-electron chi connectivity index (χ1n) is 3.81. The van der Waals surface area contributed by atoms with Crippen LogP contribution in [0, 0.1) is 0 Å². The van der Waals surface area contributed by atoms with Crippen LogP contribution in [0.2, 0.25) is 19.6 Å². The molecule has 1 aromatic heterocycles. The van der Waals surface area contributed by atoms with Crippen LogP contribution in [0.3, 0.4) is 0 Å². The van der Waals surface area contributed by atoms with Gasteiger partial charge in [-0.1, -0.05) is 25.3 Å². The Morgan fingerprint density at radius 1 is 1.36 bits per heavy atom. The van der Waals surface area contributed by atoms with E-state index in [4.69, 9.17) is 4.42 Å². The molecule has 1 nitrogen and oxygen atoms in total. The molecule has 0 spiro atoms. The molecule has 0 aliphatic heterocycles. The third-order valence-electron chi connectivity index (χ3n) is 1.29. The predicted molar refractivity (Wildman–Crippen MR) is 51.1 cm³/mol. The van der Waals surface area contributed by atoms with Crippen LogP contribution in [0.4, 0.5) is 0 Å². The van der Waals surface area contributed by atoms with E-state index in [1.807, 2.05) is 12.1 Å². The first kappa shape index (κ1) is 8.33. The van der Waals surface area contributed by atoms with E-state index < -0.39 is 8.07 Å². The normalized spacial score (nSPS) is 12.6. The fourth-order valence-electron chi connectivity index (χ4n) is 0.718. The van der Waals surface area contributed by atoms with Crippen LogP contribution in [0.15, 0.2) is 28.5 Å². The molecule has 0 N–H and O–H groups in total. The Hall–Kier alpha value is -0.763. The Bertz CT molecular complexity index is 229. The summed E-state index contributed by atoms with van der Waals surface area (Å²) in [7, 11) is -1.05. The fraction of sp³-hybridized carbons (Fsp3) is 0.333. The second kappa shape index (κ2) is 3.09. The van der Waals surface area contributed by atoms with E-state index >= 15 is 0 Å². The molecule has 1 rings (SSSR count). The zero-order valence-electron chi connectivity index (χ0n) is 7.29. The standard InChI is InChI=1S/C9H14OSi/c1-11(2,3)8-6-9-5-4-7-10-9/h4-8H,1-3H3/b8-6+. The topological polar surface area (TPSA) is 13.1 Å². The molecular formula is C9H14OSi. The van der Waals surface area contributed by atoms with E-state index in [0.29, 0.717) is 0 Å². The minimum Gasteiger partial charge on any atom is -0.465 e. The molecule has 1 aromatic rings. The molecule has 0 aromatic carbocycles. The monoisotopic (exact) mass is 166 g/mol. The molecule has 2 heteroatoms. The molecule has 0 aliphatic carbocycles. The number of hydrogen-bond acceptors (Lipinski definition) is 1. The maximum absolute atomic E-state index is 5.16. The quantitative estimate of drug-likeness (QED) is 0.615. The van der Waals surface area contributed by atoms with Gasteiger partial charge in [0.05, 0.1) is 14.3 Å². The number of rotatable bonds is 2. The molecule has 0 fully saturated rings. The highest BCUT2D eigenvalue weighted by atomic mass is 28.3. The van der Waals surface area contributed by atoms with Gasteiger partial charge >= 0.3 is 0 Å². The molecule has 11 heavy (non-hydrogen) atoms. The summed E-state index contributed by atoms with van der Waals surface area (Å²) in [5, 5.41) is 0. The largest absolute Gasteiger partial charge is 0.465 e. The maximum Gasteiger partial charge on any atom is 0.125 e. The van der Waals surface area contributed by atoms with Gasteiger partial charge < -0.3 is 4.42 Å². The van der Waals surface area contributed by atoms with Crippen molar-refractivity contribution in [2.75, 3.05) is 0 Å². The maximum atomic E-state index is 5.16. The Balaban J connectivity index is 2.63. The molecule has 1 heterocycles. The van der Waals surface area contributed by atoms with Gasteiger partial charge in [-0.2, -0.15) is 0 Å². The van der Waals surface area contributed by atoms with E-state index in [9.17, 15) is 0 Å². The van der Waals surface area contributed by atoms with Crippen LogP contribution < -0.4 is 0 Å². The second-order valence-corrected chi connectivity index (χ2v) is 8.78. The van der Waals surface area contributed by atoms with Crippen molar-refractivity contribution < 1.29 is 4.42 Å². The van der Waals surface area contributed by atoms with Crippen molar-refractivity contribution in [3.8, 4) is 0 Å². The van der Waals surface area contributed by atoms with E-state index in [-0.39, 0.29) is 0 Å². The first-order chi connectivity index (χ1) is 5.08. The zero-order valence-corrected chi connectivity index (χ0v) is 8.29. The summed E-state index contributed by atoms with van der Waals surface area (Å²) in [6.07, 6.45) is 3.76. The van der Waals surface area contributed by atoms with Crippen LogP contribution in [0.5, 0.6) is 0 Å². The summed E-state index contributed by atoms with van der Waals surface area (Å²) in [6.45, 7) is 6.89. The molecule has 0 amide bonds. The van der Waals surface area contributed by atoms with E-state index in [2.05, 4.69) is 31.4 Å². The van der Waals surface area contributed by atoms with E-state index in [1.54, 1.807) is 6.26 Å². The van der Waals surface area contributed by atoms with Crippen LogP contribution in [-0.4, -0.2) is 8.07 Å². The van der Waals surface area contributed by atoms with Crippen LogP contribution in [0.1, 0.15) is 5.76 Å². The molecule has 0 saturated carbocycles. The molecule has 0 atom stereocenters. The van der Waals surface area contributed by atoms with Crippen molar-refractivity contribution in [1.82, 2.24) is 0 Å². The smallest absolute Gasteiger partial charge is 0.125 e. The molecule has 60 valence electrons. The van der Waals surface area contributed by atoms with E-state index in [0.717, 1.165) is 5.76 Å². The fourth-order valence-corrected chi connectivity index (χ4v) is 1.38. The summed E-state index contributed by atoms with van der Waals surface area (Å²) in [4.78, 5) is 0. The van der Waals surface area contributed by atoms with Gasteiger partial charge in [0.15, 0.2) is 0 Å². The highest BCUT2D eigenvalue weighted by Crippen LogP contribution is 2.08. The predicted octanol–water partition coefficient (Wildman–Crippen LogP) is 3.17. The van der Waals surface area contributed by atoms with Gasteiger partial charge in [0.2, 0.25) is 0 Å². The lowest BCUT2D eigenvalue weighted by Crippen LogP contribution is -2.14. The lowest BCUT2D eigenvalue weighted by Gasteiger charge is -2.06. The van der Waals surface area contributed by atoms with Gasteiger partial charge in [0, 0.05) is 0 Å². The lowest BCUT2D eigenvalue weighted by atomic mass is 10.4. The highest BCUT2D eigenvalue weighted by molar-refractivity contribution is 6.81. The van der Waals surface area contributed by atoms with Gasteiger partial charge in [-0.3, -0.25) is 0 Å². The lowest BCUT2D eigenvalue weighted by molar-refractivity contribution is 0.557. The average Bonchev–Trinajstić information content (AvgIpc) is 2.32. The van der Waals surface area contributed by atoms with Crippen molar-refractivity contribution >= 4 is 14.1 Å². The molecule has 0 saturated heterocycles. The van der Waals surface area contributed by atoms with E-state index in [1.165, 1.54) is 0 Å². The van der Waals surface area contributed by atoms with Crippen molar-refractivity contribution in [3.63, 3.8) is 0 Å². The molecule has 0 radical (unpaired) electrons. The van der Waals surface area contributed by atoms with Gasteiger partial charge in [0.1, 0.15) is 5.76 Å².